The Kier molecular flexibility index (Phi) is 3.04. The first-order valence-electron chi connectivity index (χ1n) is 5.60. The Morgan fingerprint density at radius 1 is 1.29 bits per heavy atom. The number of ketones is 1. The van der Waals surface area contributed by atoms with Gasteiger partial charge < -0.3 is 0 Å². The minimum Gasteiger partial charge on any atom is -0.299 e. The van der Waals surface area contributed by atoms with E-state index < -0.39 is 0 Å². The number of carbonyl (C=O) groups excluding carboxylic acids is 1. The van der Waals surface area contributed by atoms with Crippen molar-refractivity contribution < 1.29 is 4.79 Å². The maximum absolute atomic E-state index is 11.9. The van der Waals surface area contributed by atoms with Gasteiger partial charge in [0, 0.05) is 18.9 Å². The largest absolute Gasteiger partial charge is 0.299 e. The Hall–Kier alpha value is -1.97. The van der Waals surface area contributed by atoms with Crippen molar-refractivity contribution in [3.63, 3.8) is 0 Å². The first kappa shape index (κ1) is 11.5. The van der Waals surface area contributed by atoms with Gasteiger partial charge in [0.2, 0.25) is 0 Å². The molecule has 0 unspecified atom stereocenters. The monoisotopic (exact) mass is 230 g/mol. The summed E-state index contributed by atoms with van der Waals surface area (Å²) in [4.78, 5) is 23.3. The molecular weight excluding hydrogens is 216 g/mol. The zero-order valence-electron chi connectivity index (χ0n) is 9.93. The summed E-state index contributed by atoms with van der Waals surface area (Å²) in [5, 5.41) is 5.56. The molecular formula is C13H14N2O2. The second kappa shape index (κ2) is 4.49. The molecule has 17 heavy (non-hydrogen) atoms. The van der Waals surface area contributed by atoms with E-state index in [4.69, 9.17) is 0 Å². The number of Topliss-reactive ketones (excluding diaryl/α,β-unsaturated/α-hetero) is 1. The number of hydrogen-bond donors (Lipinski definition) is 0. The third-order valence-electron chi connectivity index (χ3n) is 2.79. The van der Waals surface area contributed by atoms with Crippen molar-refractivity contribution in [1.82, 2.24) is 9.78 Å². The van der Waals surface area contributed by atoms with Gasteiger partial charge in [-0.3, -0.25) is 9.59 Å². The average Bonchev–Trinajstić information content (AvgIpc) is 2.35. The fraction of sp³-hybridized carbons (Fsp3) is 0.308. The van der Waals surface area contributed by atoms with Crippen LogP contribution in [0.25, 0.3) is 10.8 Å². The number of aryl methyl sites for hydroxylation is 1. The maximum Gasteiger partial charge on any atom is 0.274 e. The van der Waals surface area contributed by atoms with Gasteiger partial charge in [-0.15, -0.1) is 0 Å². The van der Waals surface area contributed by atoms with Crippen LogP contribution in [0, 0.1) is 0 Å². The highest BCUT2D eigenvalue weighted by molar-refractivity contribution is 5.88. The second-order valence-corrected chi connectivity index (χ2v) is 3.99. The van der Waals surface area contributed by atoms with Gasteiger partial charge in [-0.2, -0.15) is 5.10 Å². The normalized spacial score (nSPS) is 10.7. The highest BCUT2D eigenvalue weighted by atomic mass is 16.1. The molecule has 4 nitrogen and oxygen atoms in total. The molecule has 0 aliphatic carbocycles. The van der Waals surface area contributed by atoms with E-state index in [0.29, 0.717) is 17.5 Å². The van der Waals surface area contributed by atoms with Crippen molar-refractivity contribution in [2.75, 3.05) is 0 Å². The van der Waals surface area contributed by atoms with E-state index in [1.165, 1.54) is 4.68 Å². The number of benzene rings is 1. The summed E-state index contributed by atoms with van der Waals surface area (Å²) in [6.45, 7) is 1.83. The van der Waals surface area contributed by atoms with Crippen LogP contribution in [0.1, 0.15) is 19.0 Å². The van der Waals surface area contributed by atoms with Crippen LogP contribution < -0.4 is 5.56 Å². The van der Waals surface area contributed by atoms with E-state index in [1.807, 2.05) is 25.1 Å². The summed E-state index contributed by atoms with van der Waals surface area (Å²) in [5.74, 6) is 0.126. The van der Waals surface area contributed by atoms with Gasteiger partial charge in [-0.05, 0) is 6.07 Å². The third-order valence-corrected chi connectivity index (χ3v) is 2.79. The molecule has 0 N–H and O–H groups in total. The molecule has 0 saturated carbocycles. The summed E-state index contributed by atoms with van der Waals surface area (Å²) in [6.07, 6.45) is 0.768. The molecule has 1 heterocycles. The first-order valence-corrected chi connectivity index (χ1v) is 5.60. The van der Waals surface area contributed by atoms with Gasteiger partial charge in [-0.1, -0.05) is 25.1 Å². The van der Waals surface area contributed by atoms with Crippen LogP contribution in [0.4, 0.5) is 0 Å². The lowest BCUT2D eigenvalue weighted by atomic mass is 10.1. The van der Waals surface area contributed by atoms with Crippen molar-refractivity contribution in [3.8, 4) is 0 Å². The third kappa shape index (κ3) is 2.11. The van der Waals surface area contributed by atoms with Gasteiger partial charge in [0.1, 0.15) is 5.78 Å². The van der Waals surface area contributed by atoms with E-state index in [2.05, 4.69) is 5.10 Å². The van der Waals surface area contributed by atoms with E-state index >= 15 is 0 Å². The number of nitrogens with zero attached hydrogens (tertiary/aromatic N) is 2. The molecule has 4 heteroatoms. The van der Waals surface area contributed by atoms with Crippen molar-refractivity contribution >= 4 is 16.6 Å². The summed E-state index contributed by atoms with van der Waals surface area (Å²) in [5.41, 5.74) is 0.544. The molecule has 0 aliphatic rings. The lowest BCUT2D eigenvalue weighted by molar-refractivity contribution is -0.118. The number of carbonyl (C=O) groups is 1. The Morgan fingerprint density at radius 2 is 1.94 bits per heavy atom. The number of rotatable bonds is 3. The standard InChI is InChI=1S/C13H14N2O2/c1-3-9(16)8-12-10-6-4-5-7-11(10)13(17)15(2)14-12/h4-7H,3,8H2,1-2H3. The maximum atomic E-state index is 11.9. The molecule has 1 aromatic heterocycles. The molecule has 0 aliphatic heterocycles. The summed E-state index contributed by atoms with van der Waals surface area (Å²) < 4.78 is 1.29. The highest BCUT2D eigenvalue weighted by Crippen LogP contribution is 2.13. The lowest BCUT2D eigenvalue weighted by Crippen LogP contribution is -2.22. The molecule has 0 radical (unpaired) electrons. The van der Waals surface area contributed by atoms with Crippen molar-refractivity contribution in [2.24, 2.45) is 7.05 Å². The SMILES string of the molecule is CCC(=O)Cc1nn(C)c(=O)c2ccccc12. The van der Waals surface area contributed by atoms with Gasteiger partial charge in [0.15, 0.2) is 0 Å². The molecule has 1 aromatic carbocycles. The number of aromatic nitrogens is 2. The Morgan fingerprint density at radius 3 is 2.59 bits per heavy atom. The van der Waals surface area contributed by atoms with Crippen molar-refractivity contribution in [1.29, 1.82) is 0 Å². The average molecular weight is 230 g/mol. The molecule has 2 aromatic rings. The second-order valence-electron chi connectivity index (χ2n) is 3.99. The summed E-state index contributed by atoms with van der Waals surface area (Å²) >= 11 is 0. The van der Waals surface area contributed by atoms with Crippen LogP contribution in [0.2, 0.25) is 0 Å². The molecule has 0 fully saturated rings. The van der Waals surface area contributed by atoms with Crippen LogP contribution in [-0.2, 0) is 18.3 Å². The van der Waals surface area contributed by atoms with E-state index in [-0.39, 0.29) is 17.8 Å². The van der Waals surface area contributed by atoms with Gasteiger partial charge >= 0.3 is 0 Å². The summed E-state index contributed by atoms with van der Waals surface area (Å²) in [7, 11) is 1.61. The predicted octanol–water partition coefficient (Wildman–Crippen LogP) is 1.46. The molecule has 0 amide bonds. The van der Waals surface area contributed by atoms with Crippen LogP contribution in [0.3, 0.4) is 0 Å². The molecule has 0 saturated heterocycles. The summed E-state index contributed by atoms with van der Waals surface area (Å²) in [6, 6.07) is 7.26. The first-order chi connectivity index (χ1) is 8.13. The molecule has 88 valence electrons. The lowest BCUT2D eigenvalue weighted by Gasteiger charge is -2.06. The smallest absolute Gasteiger partial charge is 0.274 e. The molecule has 0 spiro atoms. The Balaban J connectivity index is 2.67. The Bertz CT molecular complexity index is 629. The van der Waals surface area contributed by atoms with Crippen LogP contribution in [0.15, 0.2) is 29.1 Å². The zero-order valence-corrected chi connectivity index (χ0v) is 9.93. The van der Waals surface area contributed by atoms with Crippen molar-refractivity contribution in [2.45, 2.75) is 19.8 Å². The van der Waals surface area contributed by atoms with Gasteiger partial charge in [0.05, 0.1) is 17.5 Å². The minimum atomic E-state index is -0.131. The van der Waals surface area contributed by atoms with Gasteiger partial charge in [-0.25, -0.2) is 4.68 Å². The minimum absolute atomic E-state index is 0.126. The van der Waals surface area contributed by atoms with Crippen LogP contribution in [0.5, 0.6) is 0 Å². The van der Waals surface area contributed by atoms with E-state index in [9.17, 15) is 9.59 Å². The molecule has 0 bridgehead atoms. The quantitative estimate of drug-likeness (QED) is 0.802. The van der Waals surface area contributed by atoms with E-state index in [1.54, 1.807) is 13.1 Å². The van der Waals surface area contributed by atoms with E-state index in [0.717, 1.165) is 5.39 Å². The Labute approximate surface area is 98.9 Å². The molecule has 2 rings (SSSR count). The topological polar surface area (TPSA) is 52.0 Å². The highest BCUT2D eigenvalue weighted by Gasteiger charge is 2.10. The zero-order chi connectivity index (χ0) is 12.4. The molecule has 0 atom stereocenters. The van der Waals surface area contributed by atoms with Gasteiger partial charge in [0.25, 0.3) is 5.56 Å². The van der Waals surface area contributed by atoms with Crippen molar-refractivity contribution in [3.05, 3.63) is 40.3 Å². The fourth-order valence-corrected chi connectivity index (χ4v) is 1.82. The number of hydrogen-bond acceptors (Lipinski definition) is 3. The van der Waals surface area contributed by atoms with Crippen LogP contribution in [-0.4, -0.2) is 15.6 Å². The number of fused-ring (bicyclic) bond motifs is 1. The predicted molar refractivity (Wildman–Crippen MR) is 66.0 cm³/mol. The van der Waals surface area contributed by atoms with Crippen LogP contribution >= 0.6 is 0 Å². The fourth-order valence-electron chi connectivity index (χ4n) is 1.82.